The third kappa shape index (κ3) is 2.39. The second kappa shape index (κ2) is 6.16. The zero-order valence-electron chi connectivity index (χ0n) is 14.3. The molecule has 0 saturated carbocycles. The highest BCUT2D eigenvalue weighted by Gasteiger charge is 2.28. The number of para-hydroxylation sites is 2. The van der Waals surface area contributed by atoms with E-state index in [4.69, 9.17) is 4.99 Å². The van der Waals surface area contributed by atoms with Gasteiger partial charge in [-0.2, -0.15) is 0 Å². The van der Waals surface area contributed by atoms with Gasteiger partial charge in [0.25, 0.3) is 0 Å². The van der Waals surface area contributed by atoms with Gasteiger partial charge >= 0.3 is 0 Å². The van der Waals surface area contributed by atoms with Crippen molar-refractivity contribution in [3.63, 3.8) is 0 Å². The van der Waals surface area contributed by atoms with Crippen LogP contribution in [0.4, 0.5) is 5.69 Å². The van der Waals surface area contributed by atoms with Crippen molar-refractivity contribution in [3.05, 3.63) is 120 Å². The highest BCUT2D eigenvalue weighted by molar-refractivity contribution is 6.09. The standard InChI is InChI=1S/C24H18N2/c1-3-10-18(11-4-1)23-22-16-9-17-26(22)21-15-8-7-14-20(21)25-24(23)19-12-5-2-6-13-19/h1-17,23H. The fourth-order valence-electron chi connectivity index (χ4n) is 3.76. The van der Waals surface area contributed by atoms with Gasteiger partial charge in [0.2, 0.25) is 0 Å². The second-order valence-electron chi connectivity index (χ2n) is 6.50. The Hall–Kier alpha value is -3.39. The van der Waals surface area contributed by atoms with Gasteiger partial charge in [0, 0.05) is 11.9 Å². The van der Waals surface area contributed by atoms with Crippen molar-refractivity contribution >= 4 is 11.4 Å². The van der Waals surface area contributed by atoms with Crippen LogP contribution in [0.15, 0.2) is 108 Å². The molecule has 0 aliphatic carbocycles. The summed E-state index contributed by atoms with van der Waals surface area (Å²) >= 11 is 0. The van der Waals surface area contributed by atoms with E-state index in [0.29, 0.717) is 0 Å². The molecule has 0 fully saturated rings. The summed E-state index contributed by atoms with van der Waals surface area (Å²) in [5.74, 6) is 0.0843. The maximum Gasteiger partial charge on any atom is 0.0873 e. The van der Waals surface area contributed by atoms with Gasteiger partial charge in [-0.05, 0) is 35.4 Å². The largest absolute Gasteiger partial charge is 0.318 e. The number of aliphatic imine (C=N–C) groups is 1. The number of aromatic nitrogens is 1. The van der Waals surface area contributed by atoms with E-state index in [1.54, 1.807) is 0 Å². The lowest BCUT2D eigenvalue weighted by atomic mass is 9.87. The Morgan fingerprint density at radius 3 is 2.15 bits per heavy atom. The molecule has 2 nitrogen and oxygen atoms in total. The number of rotatable bonds is 2. The fraction of sp³-hybridized carbons (Fsp3) is 0.0417. The molecule has 2 heterocycles. The predicted molar refractivity (Wildman–Crippen MR) is 107 cm³/mol. The van der Waals surface area contributed by atoms with E-state index < -0.39 is 0 Å². The monoisotopic (exact) mass is 334 g/mol. The molecule has 26 heavy (non-hydrogen) atoms. The zero-order valence-corrected chi connectivity index (χ0v) is 14.3. The van der Waals surface area contributed by atoms with Gasteiger partial charge in [0.1, 0.15) is 0 Å². The van der Waals surface area contributed by atoms with Crippen LogP contribution >= 0.6 is 0 Å². The molecule has 3 aromatic carbocycles. The van der Waals surface area contributed by atoms with Crippen molar-refractivity contribution in [2.45, 2.75) is 5.92 Å². The summed E-state index contributed by atoms with van der Waals surface area (Å²) in [5, 5.41) is 0. The molecule has 0 saturated heterocycles. The minimum Gasteiger partial charge on any atom is -0.318 e. The van der Waals surface area contributed by atoms with Crippen molar-refractivity contribution in [2.75, 3.05) is 0 Å². The molecule has 1 aliphatic heterocycles. The van der Waals surface area contributed by atoms with Gasteiger partial charge in [-0.15, -0.1) is 0 Å². The minimum absolute atomic E-state index is 0.0843. The molecule has 124 valence electrons. The topological polar surface area (TPSA) is 17.3 Å². The Kier molecular flexibility index (Phi) is 3.53. The van der Waals surface area contributed by atoms with Crippen LogP contribution in [0, 0.1) is 0 Å². The molecule has 0 bridgehead atoms. The molecule has 0 spiro atoms. The van der Waals surface area contributed by atoms with Crippen LogP contribution in [-0.4, -0.2) is 10.3 Å². The highest BCUT2D eigenvalue weighted by Crippen LogP contribution is 2.38. The Morgan fingerprint density at radius 2 is 1.35 bits per heavy atom. The van der Waals surface area contributed by atoms with Gasteiger partial charge < -0.3 is 4.57 Å². The molecule has 1 unspecified atom stereocenters. The number of benzene rings is 3. The average Bonchev–Trinajstić information content (AvgIpc) is 3.13. The van der Waals surface area contributed by atoms with Crippen LogP contribution in [0.3, 0.4) is 0 Å². The van der Waals surface area contributed by atoms with Crippen LogP contribution < -0.4 is 0 Å². The summed E-state index contributed by atoms with van der Waals surface area (Å²) in [7, 11) is 0. The SMILES string of the molecule is c1ccc(C2=Nc3ccccc3-n3cccc3C2c2ccccc2)cc1. The van der Waals surface area contributed by atoms with Crippen LogP contribution in [0.2, 0.25) is 0 Å². The third-order valence-corrected chi connectivity index (χ3v) is 4.93. The van der Waals surface area contributed by atoms with E-state index in [1.807, 2.05) is 0 Å². The lowest BCUT2D eigenvalue weighted by molar-refractivity contribution is 0.927. The molecular weight excluding hydrogens is 316 g/mol. The maximum atomic E-state index is 5.15. The van der Waals surface area contributed by atoms with E-state index in [-0.39, 0.29) is 5.92 Å². The summed E-state index contributed by atoms with van der Waals surface area (Å²) in [5.41, 5.74) is 6.86. The van der Waals surface area contributed by atoms with Crippen LogP contribution in [0.5, 0.6) is 0 Å². The van der Waals surface area contributed by atoms with Crippen molar-refractivity contribution in [1.82, 2.24) is 4.57 Å². The number of hydrogen-bond acceptors (Lipinski definition) is 1. The summed E-state index contributed by atoms with van der Waals surface area (Å²) in [6, 6.07) is 33.8. The summed E-state index contributed by atoms with van der Waals surface area (Å²) < 4.78 is 2.27. The van der Waals surface area contributed by atoms with E-state index in [0.717, 1.165) is 22.6 Å². The number of fused-ring (bicyclic) bond motifs is 3. The van der Waals surface area contributed by atoms with Gasteiger partial charge in [-0.1, -0.05) is 72.8 Å². The Labute approximate surface area is 153 Å². The lowest BCUT2D eigenvalue weighted by Gasteiger charge is -2.20. The van der Waals surface area contributed by atoms with Crippen molar-refractivity contribution in [3.8, 4) is 5.69 Å². The van der Waals surface area contributed by atoms with Gasteiger partial charge in [-0.3, -0.25) is 0 Å². The average molecular weight is 334 g/mol. The maximum absolute atomic E-state index is 5.15. The first-order valence-electron chi connectivity index (χ1n) is 8.87. The van der Waals surface area contributed by atoms with E-state index in [9.17, 15) is 0 Å². The van der Waals surface area contributed by atoms with Gasteiger partial charge in [0.15, 0.2) is 0 Å². The van der Waals surface area contributed by atoms with Crippen LogP contribution in [0.1, 0.15) is 22.7 Å². The van der Waals surface area contributed by atoms with Crippen LogP contribution in [-0.2, 0) is 0 Å². The fourth-order valence-corrected chi connectivity index (χ4v) is 3.76. The quantitative estimate of drug-likeness (QED) is 0.444. The number of nitrogens with zero attached hydrogens (tertiary/aromatic N) is 2. The molecule has 0 radical (unpaired) electrons. The first kappa shape index (κ1) is 14.9. The van der Waals surface area contributed by atoms with E-state index in [1.165, 1.54) is 11.3 Å². The third-order valence-electron chi connectivity index (χ3n) is 4.93. The Bertz CT molecular complexity index is 1080. The van der Waals surface area contributed by atoms with Gasteiger partial charge in [0.05, 0.1) is 23.0 Å². The second-order valence-corrected chi connectivity index (χ2v) is 6.50. The Morgan fingerprint density at radius 1 is 0.654 bits per heavy atom. The summed E-state index contributed by atoms with van der Waals surface area (Å²) in [6.07, 6.45) is 2.13. The summed E-state index contributed by atoms with van der Waals surface area (Å²) in [4.78, 5) is 5.15. The normalized spacial score (nSPS) is 15.5. The predicted octanol–water partition coefficient (Wildman–Crippen LogP) is 5.74. The molecular formula is C24H18N2. The lowest BCUT2D eigenvalue weighted by Crippen LogP contribution is -2.17. The zero-order chi connectivity index (χ0) is 17.3. The first-order valence-corrected chi connectivity index (χ1v) is 8.87. The van der Waals surface area contributed by atoms with Crippen molar-refractivity contribution in [2.24, 2.45) is 4.99 Å². The van der Waals surface area contributed by atoms with Gasteiger partial charge in [-0.25, -0.2) is 4.99 Å². The molecule has 0 N–H and O–H groups in total. The molecule has 1 atom stereocenters. The minimum atomic E-state index is 0.0843. The molecule has 1 aromatic heterocycles. The molecule has 4 aromatic rings. The smallest absolute Gasteiger partial charge is 0.0873 e. The van der Waals surface area contributed by atoms with E-state index in [2.05, 4.69) is 108 Å². The molecule has 0 amide bonds. The first-order chi connectivity index (χ1) is 12.9. The van der Waals surface area contributed by atoms with Crippen molar-refractivity contribution in [1.29, 1.82) is 0 Å². The summed E-state index contributed by atoms with van der Waals surface area (Å²) in [6.45, 7) is 0. The molecule has 5 rings (SSSR count). The van der Waals surface area contributed by atoms with Crippen LogP contribution in [0.25, 0.3) is 5.69 Å². The van der Waals surface area contributed by atoms with Crippen molar-refractivity contribution < 1.29 is 0 Å². The Balaban J connectivity index is 1.84. The van der Waals surface area contributed by atoms with E-state index >= 15 is 0 Å². The molecule has 2 heteroatoms. The number of hydrogen-bond donors (Lipinski definition) is 0. The highest BCUT2D eigenvalue weighted by atomic mass is 15.0. The molecule has 1 aliphatic rings.